The standard InChI is InChI=1S/C22H33N3O5/c1-22(2,3)30-21(28)23-11-8-19(26)25-18-6-4-17(5-7-18)15-24-20(27)14-16-9-12-29-13-10-16/h4-7,16H,8-15H2,1-3H3,(H,23,28)(H,24,27)(H,25,26). The van der Waals surface area contributed by atoms with E-state index in [2.05, 4.69) is 16.0 Å². The van der Waals surface area contributed by atoms with Crippen molar-refractivity contribution in [3.8, 4) is 0 Å². The summed E-state index contributed by atoms with van der Waals surface area (Å²) in [6.07, 6.45) is 2.01. The van der Waals surface area contributed by atoms with Gasteiger partial charge in [-0.25, -0.2) is 4.79 Å². The summed E-state index contributed by atoms with van der Waals surface area (Å²) in [6, 6.07) is 7.31. The molecular formula is C22H33N3O5. The molecule has 2 rings (SSSR count). The number of hydrogen-bond donors (Lipinski definition) is 3. The lowest BCUT2D eigenvalue weighted by Gasteiger charge is -2.21. The van der Waals surface area contributed by atoms with Crippen LogP contribution >= 0.6 is 0 Å². The summed E-state index contributed by atoms with van der Waals surface area (Å²) in [4.78, 5) is 35.6. The van der Waals surface area contributed by atoms with E-state index in [1.54, 1.807) is 32.9 Å². The van der Waals surface area contributed by atoms with E-state index in [4.69, 9.17) is 9.47 Å². The Balaban J connectivity index is 1.65. The fraction of sp³-hybridized carbons (Fsp3) is 0.591. The summed E-state index contributed by atoms with van der Waals surface area (Å²) in [6.45, 7) is 7.46. The molecular weight excluding hydrogens is 386 g/mol. The third kappa shape index (κ3) is 9.73. The summed E-state index contributed by atoms with van der Waals surface area (Å²) >= 11 is 0. The summed E-state index contributed by atoms with van der Waals surface area (Å²) in [5, 5.41) is 8.27. The second-order valence-corrected chi connectivity index (χ2v) is 8.46. The first-order valence-electron chi connectivity index (χ1n) is 10.4. The van der Waals surface area contributed by atoms with Crippen LogP contribution < -0.4 is 16.0 Å². The van der Waals surface area contributed by atoms with Gasteiger partial charge in [-0.3, -0.25) is 9.59 Å². The highest BCUT2D eigenvalue weighted by Crippen LogP contribution is 2.18. The fourth-order valence-corrected chi connectivity index (χ4v) is 3.01. The van der Waals surface area contributed by atoms with Crippen molar-refractivity contribution in [2.24, 2.45) is 5.92 Å². The zero-order valence-corrected chi connectivity index (χ0v) is 18.1. The summed E-state index contributed by atoms with van der Waals surface area (Å²) < 4.78 is 10.4. The number of carbonyl (C=O) groups is 3. The molecule has 8 heteroatoms. The number of rotatable bonds is 8. The predicted octanol–water partition coefficient (Wildman–Crippen LogP) is 2.97. The van der Waals surface area contributed by atoms with Crippen LogP contribution in [0.2, 0.25) is 0 Å². The lowest BCUT2D eigenvalue weighted by molar-refractivity contribution is -0.122. The summed E-state index contributed by atoms with van der Waals surface area (Å²) in [5.41, 5.74) is 1.05. The molecule has 3 amide bonds. The molecule has 1 aliphatic heterocycles. The van der Waals surface area contributed by atoms with Gasteiger partial charge in [-0.1, -0.05) is 12.1 Å². The first-order chi connectivity index (χ1) is 14.2. The molecule has 1 saturated heterocycles. The van der Waals surface area contributed by atoms with Crippen molar-refractivity contribution in [2.45, 2.75) is 58.6 Å². The molecule has 0 saturated carbocycles. The molecule has 0 aliphatic carbocycles. The van der Waals surface area contributed by atoms with Crippen LogP contribution in [-0.4, -0.2) is 43.3 Å². The highest BCUT2D eigenvalue weighted by molar-refractivity contribution is 5.91. The van der Waals surface area contributed by atoms with Crippen LogP contribution in [0.3, 0.4) is 0 Å². The van der Waals surface area contributed by atoms with E-state index in [1.165, 1.54) is 0 Å². The maximum Gasteiger partial charge on any atom is 0.407 e. The van der Waals surface area contributed by atoms with Gasteiger partial charge in [0, 0.05) is 44.8 Å². The van der Waals surface area contributed by atoms with Gasteiger partial charge in [0.25, 0.3) is 0 Å². The second-order valence-electron chi connectivity index (χ2n) is 8.46. The average Bonchev–Trinajstić information content (AvgIpc) is 2.67. The molecule has 166 valence electrons. The second kappa shape index (κ2) is 11.5. The Labute approximate surface area is 178 Å². The SMILES string of the molecule is CC(C)(C)OC(=O)NCCC(=O)Nc1ccc(CNC(=O)CC2CCOCC2)cc1. The molecule has 1 heterocycles. The molecule has 0 bridgehead atoms. The lowest BCUT2D eigenvalue weighted by Crippen LogP contribution is -2.34. The van der Waals surface area contributed by atoms with Crippen LogP contribution in [0, 0.1) is 5.92 Å². The van der Waals surface area contributed by atoms with E-state index >= 15 is 0 Å². The number of anilines is 1. The topological polar surface area (TPSA) is 106 Å². The Morgan fingerprint density at radius 1 is 1.03 bits per heavy atom. The fourth-order valence-electron chi connectivity index (χ4n) is 3.01. The molecule has 0 aromatic heterocycles. The van der Waals surface area contributed by atoms with Crippen molar-refractivity contribution in [3.63, 3.8) is 0 Å². The maximum absolute atomic E-state index is 12.1. The van der Waals surface area contributed by atoms with Crippen molar-refractivity contribution >= 4 is 23.6 Å². The predicted molar refractivity (Wildman–Crippen MR) is 114 cm³/mol. The van der Waals surface area contributed by atoms with Crippen LogP contribution in [-0.2, 0) is 25.6 Å². The lowest BCUT2D eigenvalue weighted by atomic mass is 9.96. The number of carbonyl (C=O) groups excluding carboxylic acids is 3. The third-order valence-corrected chi connectivity index (χ3v) is 4.56. The average molecular weight is 420 g/mol. The van der Waals surface area contributed by atoms with Crippen molar-refractivity contribution < 1.29 is 23.9 Å². The van der Waals surface area contributed by atoms with Gasteiger partial charge in [0.2, 0.25) is 11.8 Å². The van der Waals surface area contributed by atoms with E-state index in [9.17, 15) is 14.4 Å². The van der Waals surface area contributed by atoms with Crippen LogP contribution in [0.4, 0.5) is 10.5 Å². The van der Waals surface area contributed by atoms with Crippen molar-refractivity contribution in [1.82, 2.24) is 10.6 Å². The number of alkyl carbamates (subject to hydrolysis) is 1. The quantitative estimate of drug-likeness (QED) is 0.601. The number of benzene rings is 1. The third-order valence-electron chi connectivity index (χ3n) is 4.56. The van der Waals surface area contributed by atoms with E-state index in [-0.39, 0.29) is 24.8 Å². The van der Waals surface area contributed by atoms with Gasteiger partial charge in [-0.15, -0.1) is 0 Å². The van der Waals surface area contributed by atoms with E-state index < -0.39 is 11.7 Å². The van der Waals surface area contributed by atoms with Gasteiger partial charge in [0.1, 0.15) is 5.60 Å². The highest BCUT2D eigenvalue weighted by atomic mass is 16.6. The monoisotopic (exact) mass is 419 g/mol. The molecule has 3 N–H and O–H groups in total. The van der Waals surface area contributed by atoms with E-state index in [1.807, 2.05) is 12.1 Å². The van der Waals surface area contributed by atoms with Gasteiger partial charge in [-0.05, 0) is 57.2 Å². The van der Waals surface area contributed by atoms with Gasteiger partial charge in [0.15, 0.2) is 0 Å². The highest BCUT2D eigenvalue weighted by Gasteiger charge is 2.17. The number of hydrogen-bond acceptors (Lipinski definition) is 5. The molecule has 1 aliphatic rings. The van der Waals surface area contributed by atoms with Crippen molar-refractivity contribution in [1.29, 1.82) is 0 Å². The minimum Gasteiger partial charge on any atom is -0.444 e. The minimum absolute atomic E-state index is 0.0526. The van der Waals surface area contributed by atoms with Crippen molar-refractivity contribution in [2.75, 3.05) is 25.1 Å². The zero-order valence-electron chi connectivity index (χ0n) is 18.1. The van der Waals surface area contributed by atoms with Gasteiger partial charge >= 0.3 is 6.09 Å². The molecule has 1 aromatic rings. The Morgan fingerprint density at radius 2 is 1.70 bits per heavy atom. The van der Waals surface area contributed by atoms with E-state index in [0.29, 0.717) is 24.6 Å². The Kier molecular flexibility index (Phi) is 9.11. The van der Waals surface area contributed by atoms with E-state index in [0.717, 1.165) is 31.6 Å². The first-order valence-corrected chi connectivity index (χ1v) is 10.4. The van der Waals surface area contributed by atoms with Gasteiger partial charge in [0.05, 0.1) is 0 Å². The Morgan fingerprint density at radius 3 is 2.33 bits per heavy atom. The molecule has 8 nitrogen and oxygen atoms in total. The van der Waals surface area contributed by atoms with Crippen LogP contribution in [0.15, 0.2) is 24.3 Å². The molecule has 0 radical (unpaired) electrons. The smallest absolute Gasteiger partial charge is 0.407 e. The molecule has 1 aromatic carbocycles. The summed E-state index contributed by atoms with van der Waals surface area (Å²) in [5.74, 6) is 0.251. The van der Waals surface area contributed by atoms with Crippen LogP contribution in [0.5, 0.6) is 0 Å². The molecule has 0 unspecified atom stereocenters. The first kappa shape index (κ1) is 23.7. The van der Waals surface area contributed by atoms with Gasteiger partial charge in [-0.2, -0.15) is 0 Å². The normalized spacial score (nSPS) is 14.6. The Bertz CT molecular complexity index is 706. The van der Waals surface area contributed by atoms with Crippen LogP contribution in [0.1, 0.15) is 52.0 Å². The largest absolute Gasteiger partial charge is 0.444 e. The Hall–Kier alpha value is -2.61. The summed E-state index contributed by atoms with van der Waals surface area (Å²) in [7, 11) is 0. The van der Waals surface area contributed by atoms with Crippen molar-refractivity contribution in [3.05, 3.63) is 29.8 Å². The number of ether oxygens (including phenoxy) is 2. The van der Waals surface area contributed by atoms with Gasteiger partial charge < -0.3 is 25.4 Å². The molecule has 0 atom stereocenters. The number of amides is 3. The molecule has 1 fully saturated rings. The molecule has 30 heavy (non-hydrogen) atoms. The number of nitrogens with one attached hydrogen (secondary N) is 3. The zero-order chi connectivity index (χ0) is 22.0. The minimum atomic E-state index is -0.571. The molecule has 0 spiro atoms. The maximum atomic E-state index is 12.1. The van der Waals surface area contributed by atoms with Crippen LogP contribution in [0.25, 0.3) is 0 Å².